The van der Waals surface area contributed by atoms with Crippen molar-refractivity contribution in [3.8, 4) is 0 Å². The molecular formula is C25H34N8. The fourth-order valence-corrected chi connectivity index (χ4v) is 6.11. The first-order chi connectivity index (χ1) is 16.2. The van der Waals surface area contributed by atoms with Crippen LogP contribution in [0.15, 0.2) is 30.5 Å². The molecule has 0 aliphatic carbocycles. The lowest BCUT2D eigenvalue weighted by Crippen LogP contribution is -2.49. The van der Waals surface area contributed by atoms with Crippen LogP contribution >= 0.6 is 0 Å². The summed E-state index contributed by atoms with van der Waals surface area (Å²) >= 11 is 0. The van der Waals surface area contributed by atoms with Gasteiger partial charge in [0.2, 0.25) is 0 Å². The van der Waals surface area contributed by atoms with Gasteiger partial charge in [0.25, 0.3) is 0 Å². The summed E-state index contributed by atoms with van der Waals surface area (Å²) in [5, 5.41) is 19.0. The highest BCUT2D eigenvalue weighted by Crippen LogP contribution is 2.38. The number of hydrogen-bond acceptors (Lipinski definition) is 7. The van der Waals surface area contributed by atoms with Gasteiger partial charge in [0, 0.05) is 54.1 Å². The van der Waals surface area contributed by atoms with Crippen LogP contribution in [0.25, 0.3) is 10.9 Å². The van der Waals surface area contributed by atoms with Crippen LogP contribution < -0.4 is 16.0 Å². The minimum atomic E-state index is 0.450. The molecule has 3 saturated heterocycles. The Labute approximate surface area is 195 Å². The summed E-state index contributed by atoms with van der Waals surface area (Å²) in [5.74, 6) is 3.32. The monoisotopic (exact) mass is 446 g/mol. The molecule has 3 atom stereocenters. The topological polar surface area (TPSA) is 93.8 Å². The van der Waals surface area contributed by atoms with E-state index in [0.29, 0.717) is 18.1 Å². The van der Waals surface area contributed by atoms with Gasteiger partial charge in [-0.15, -0.1) is 0 Å². The van der Waals surface area contributed by atoms with E-state index in [4.69, 9.17) is 4.98 Å². The molecule has 174 valence electrons. The van der Waals surface area contributed by atoms with Crippen molar-refractivity contribution in [3.63, 3.8) is 0 Å². The van der Waals surface area contributed by atoms with Gasteiger partial charge in [-0.3, -0.25) is 15.0 Å². The average Bonchev–Trinajstić information content (AvgIpc) is 3.33. The summed E-state index contributed by atoms with van der Waals surface area (Å²) in [6, 6.07) is 9.93. The third-order valence-corrected chi connectivity index (χ3v) is 7.71. The lowest BCUT2D eigenvalue weighted by atomic mass is 9.92. The van der Waals surface area contributed by atoms with Crippen molar-refractivity contribution in [2.45, 2.75) is 63.6 Å². The Morgan fingerprint density at radius 2 is 1.88 bits per heavy atom. The highest BCUT2D eigenvalue weighted by atomic mass is 15.2. The quantitative estimate of drug-likeness (QED) is 0.457. The van der Waals surface area contributed by atoms with Crippen LogP contribution in [0, 0.1) is 12.8 Å². The fourth-order valence-electron chi connectivity index (χ4n) is 6.11. The summed E-state index contributed by atoms with van der Waals surface area (Å²) in [7, 11) is 0. The van der Waals surface area contributed by atoms with Crippen LogP contribution in [0.2, 0.25) is 0 Å². The fraction of sp³-hybridized carbons (Fsp3) is 0.560. The van der Waals surface area contributed by atoms with Gasteiger partial charge in [-0.05, 0) is 76.6 Å². The number of anilines is 3. The van der Waals surface area contributed by atoms with Crippen LogP contribution in [-0.4, -0.2) is 62.8 Å². The Kier molecular flexibility index (Phi) is 5.63. The van der Waals surface area contributed by atoms with Gasteiger partial charge in [0.15, 0.2) is 5.82 Å². The van der Waals surface area contributed by atoms with Crippen molar-refractivity contribution in [1.29, 1.82) is 0 Å². The molecule has 8 nitrogen and oxygen atoms in total. The Hall–Kier alpha value is -2.71. The van der Waals surface area contributed by atoms with Gasteiger partial charge in [-0.1, -0.05) is 0 Å². The summed E-state index contributed by atoms with van der Waals surface area (Å²) in [4.78, 5) is 12.4. The van der Waals surface area contributed by atoms with Crippen molar-refractivity contribution >= 4 is 28.4 Å². The van der Waals surface area contributed by atoms with Crippen LogP contribution in [-0.2, 0) is 0 Å². The summed E-state index contributed by atoms with van der Waals surface area (Å²) in [6.45, 7) is 5.66. The van der Waals surface area contributed by atoms with E-state index in [0.717, 1.165) is 40.0 Å². The normalized spacial score (nSPS) is 26.0. The van der Waals surface area contributed by atoms with Crippen molar-refractivity contribution in [3.05, 3.63) is 36.2 Å². The highest BCUT2D eigenvalue weighted by Gasteiger charge is 2.41. The van der Waals surface area contributed by atoms with E-state index in [1.807, 2.05) is 31.3 Å². The molecule has 6 rings (SSSR count). The molecule has 6 heterocycles. The second-order valence-electron chi connectivity index (χ2n) is 10.1. The molecule has 0 amide bonds. The van der Waals surface area contributed by atoms with Crippen LogP contribution in [0.3, 0.4) is 0 Å². The molecule has 4 N–H and O–H groups in total. The van der Waals surface area contributed by atoms with Gasteiger partial charge in [0.05, 0.1) is 5.52 Å². The minimum absolute atomic E-state index is 0.450. The van der Waals surface area contributed by atoms with Crippen molar-refractivity contribution in [2.24, 2.45) is 5.92 Å². The zero-order valence-corrected chi connectivity index (χ0v) is 19.3. The van der Waals surface area contributed by atoms with E-state index in [1.165, 1.54) is 58.2 Å². The summed E-state index contributed by atoms with van der Waals surface area (Å²) in [6.07, 6.45) is 9.56. The summed E-state index contributed by atoms with van der Waals surface area (Å²) < 4.78 is 0. The van der Waals surface area contributed by atoms with Crippen LogP contribution in [0.1, 0.15) is 44.2 Å². The van der Waals surface area contributed by atoms with Gasteiger partial charge >= 0.3 is 0 Å². The molecule has 2 bridgehead atoms. The molecular weight excluding hydrogens is 412 g/mol. The molecule has 0 aromatic carbocycles. The standard InChI is InChI=1S/C25H34N8/c1-16-11-24(32-31-16)29-23-14-22-21(3-2-8-27-22)25(30-23)28-18-12-19-4-5-20(13-18)33(19)15-17-6-9-26-10-7-17/h2-3,8,11,14,17-20,26H,4-7,9-10,12-13,15H2,1H3,(H3,28,29,30,31,32)/t18-,19-,20?/m0/s1. The van der Waals surface area contributed by atoms with E-state index in [1.54, 1.807) is 0 Å². The molecule has 3 aliphatic heterocycles. The highest BCUT2D eigenvalue weighted by molar-refractivity contribution is 5.91. The Bertz CT molecular complexity index is 1090. The number of fused-ring (bicyclic) bond motifs is 3. The number of rotatable bonds is 6. The van der Waals surface area contributed by atoms with Crippen molar-refractivity contribution < 1.29 is 0 Å². The molecule has 3 fully saturated rings. The molecule has 3 aromatic heterocycles. The van der Waals surface area contributed by atoms with E-state index < -0.39 is 0 Å². The Balaban J connectivity index is 1.19. The SMILES string of the molecule is Cc1cc(Nc2cc3ncccc3c(N[C@@H]3CC4CC[C@@H](C3)N4CC3CCNCC3)n2)n[nH]1. The zero-order valence-electron chi connectivity index (χ0n) is 19.3. The number of pyridine rings is 2. The van der Waals surface area contributed by atoms with E-state index in [9.17, 15) is 0 Å². The minimum Gasteiger partial charge on any atom is -0.367 e. The maximum absolute atomic E-state index is 4.95. The molecule has 3 aromatic rings. The number of nitrogens with zero attached hydrogens (tertiary/aromatic N) is 4. The largest absolute Gasteiger partial charge is 0.367 e. The van der Waals surface area contributed by atoms with Crippen LogP contribution in [0.5, 0.6) is 0 Å². The maximum Gasteiger partial charge on any atom is 0.153 e. The number of aromatic nitrogens is 4. The van der Waals surface area contributed by atoms with Gasteiger partial charge < -0.3 is 16.0 Å². The second kappa shape index (κ2) is 8.91. The summed E-state index contributed by atoms with van der Waals surface area (Å²) in [5.41, 5.74) is 1.96. The lowest BCUT2D eigenvalue weighted by molar-refractivity contribution is 0.102. The predicted octanol–water partition coefficient (Wildman–Crippen LogP) is 3.81. The first kappa shape index (κ1) is 20.9. The predicted molar refractivity (Wildman–Crippen MR) is 132 cm³/mol. The van der Waals surface area contributed by atoms with E-state index >= 15 is 0 Å². The Morgan fingerprint density at radius 3 is 2.64 bits per heavy atom. The number of hydrogen-bond donors (Lipinski definition) is 4. The first-order valence-corrected chi connectivity index (χ1v) is 12.5. The average molecular weight is 447 g/mol. The molecule has 3 aliphatic rings. The van der Waals surface area contributed by atoms with Gasteiger partial charge in [-0.2, -0.15) is 5.10 Å². The Morgan fingerprint density at radius 1 is 1.06 bits per heavy atom. The molecule has 0 spiro atoms. The van der Waals surface area contributed by atoms with Gasteiger partial charge in [-0.25, -0.2) is 4.98 Å². The first-order valence-electron chi connectivity index (χ1n) is 12.5. The number of H-pyrrole nitrogens is 1. The van der Waals surface area contributed by atoms with Crippen molar-refractivity contribution in [2.75, 3.05) is 30.3 Å². The molecule has 33 heavy (non-hydrogen) atoms. The third-order valence-electron chi connectivity index (χ3n) is 7.71. The maximum atomic E-state index is 4.95. The third kappa shape index (κ3) is 4.42. The van der Waals surface area contributed by atoms with E-state index in [2.05, 4.69) is 42.1 Å². The molecule has 8 heteroatoms. The lowest BCUT2D eigenvalue weighted by Gasteiger charge is -2.41. The number of piperidine rings is 2. The molecule has 0 saturated carbocycles. The number of aryl methyl sites for hydroxylation is 1. The van der Waals surface area contributed by atoms with Crippen LogP contribution in [0.4, 0.5) is 17.5 Å². The van der Waals surface area contributed by atoms with Gasteiger partial charge in [0.1, 0.15) is 11.6 Å². The second-order valence-corrected chi connectivity index (χ2v) is 10.1. The smallest absolute Gasteiger partial charge is 0.153 e. The molecule has 0 radical (unpaired) electrons. The van der Waals surface area contributed by atoms with E-state index in [-0.39, 0.29) is 0 Å². The number of nitrogens with one attached hydrogen (secondary N) is 4. The molecule has 1 unspecified atom stereocenters. The number of aromatic amines is 1. The zero-order chi connectivity index (χ0) is 22.2. The van der Waals surface area contributed by atoms with Crippen molar-refractivity contribution in [1.82, 2.24) is 30.4 Å².